The fourth-order valence-electron chi connectivity index (χ4n) is 2.13. The third-order valence-corrected chi connectivity index (χ3v) is 2.94. The van der Waals surface area contributed by atoms with Crippen LogP contribution < -0.4 is 11.1 Å². The van der Waals surface area contributed by atoms with E-state index in [0.717, 1.165) is 30.5 Å². The van der Waals surface area contributed by atoms with Crippen molar-refractivity contribution in [2.45, 2.75) is 52.0 Å². The molecule has 0 spiro atoms. The molecule has 0 atom stereocenters. The second kappa shape index (κ2) is 6.43. The fourth-order valence-corrected chi connectivity index (χ4v) is 2.13. The highest BCUT2D eigenvalue weighted by Crippen LogP contribution is 2.12. The molecule has 0 radical (unpaired) electrons. The van der Waals surface area contributed by atoms with Crippen LogP contribution in [0.5, 0.6) is 0 Å². The van der Waals surface area contributed by atoms with E-state index in [9.17, 15) is 4.79 Å². The van der Waals surface area contributed by atoms with E-state index in [1.165, 1.54) is 0 Å². The molecule has 18 heavy (non-hydrogen) atoms. The van der Waals surface area contributed by atoms with E-state index < -0.39 is 0 Å². The maximum Gasteiger partial charge on any atom is 0.220 e. The number of carbonyl (C=O) groups excluding carboxylic acids is 1. The van der Waals surface area contributed by atoms with Crippen molar-refractivity contribution in [1.82, 2.24) is 5.32 Å². The number of nitrogens with one attached hydrogen (secondary N) is 1. The van der Waals surface area contributed by atoms with Gasteiger partial charge in [0, 0.05) is 17.6 Å². The van der Waals surface area contributed by atoms with E-state index in [4.69, 9.17) is 5.73 Å². The van der Waals surface area contributed by atoms with E-state index in [0.29, 0.717) is 6.42 Å². The first-order chi connectivity index (χ1) is 8.43. The van der Waals surface area contributed by atoms with E-state index in [1.807, 2.05) is 24.3 Å². The van der Waals surface area contributed by atoms with Crippen LogP contribution in [0.2, 0.25) is 0 Å². The minimum atomic E-state index is -0.110. The van der Waals surface area contributed by atoms with Crippen molar-refractivity contribution in [3.8, 4) is 0 Å². The SMILES string of the molecule is CCCC(C)(C)NC(=O)CCc1cccc(N)c1. The van der Waals surface area contributed by atoms with Crippen LogP contribution >= 0.6 is 0 Å². The third kappa shape index (κ3) is 5.21. The molecule has 100 valence electrons. The topological polar surface area (TPSA) is 55.1 Å². The summed E-state index contributed by atoms with van der Waals surface area (Å²) in [5, 5.41) is 3.07. The van der Waals surface area contributed by atoms with Crippen LogP contribution in [0.25, 0.3) is 0 Å². The highest BCUT2D eigenvalue weighted by molar-refractivity contribution is 5.77. The Morgan fingerprint density at radius 3 is 2.72 bits per heavy atom. The van der Waals surface area contributed by atoms with Gasteiger partial charge in [0.25, 0.3) is 0 Å². The van der Waals surface area contributed by atoms with Crippen LogP contribution in [-0.2, 0) is 11.2 Å². The Morgan fingerprint density at radius 1 is 1.39 bits per heavy atom. The van der Waals surface area contributed by atoms with Crippen LogP contribution in [-0.4, -0.2) is 11.4 Å². The lowest BCUT2D eigenvalue weighted by Gasteiger charge is -2.25. The van der Waals surface area contributed by atoms with Gasteiger partial charge in [0.2, 0.25) is 5.91 Å². The molecule has 0 fully saturated rings. The Bertz CT molecular complexity index is 399. The first kappa shape index (κ1) is 14.6. The summed E-state index contributed by atoms with van der Waals surface area (Å²) in [5.41, 5.74) is 7.46. The number of hydrogen-bond acceptors (Lipinski definition) is 2. The zero-order chi connectivity index (χ0) is 13.6. The molecule has 0 aromatic heterocycles. The number of hydrogen-bond donors (Lipinski definition) is 2. The van der Waals surface area contributed by atoms with Gasteiger partial charge < -0.3 is 11.1 Å². The number of nitrogens with two attached hydrogens (primary N) is 1. The summed E-state index contributed by atoms with van der Waals surface area (Å²) >= 11 is 0. The van der Waals surface area contributed by atoms with Gasteiger partial charge in [0.05, 0.1) is 0 Å². The number of carbonyl (C=O) groups is 1. The quantitative estimate of drug-likeness (QED) is 0.761. The van der Waals surface area contributed by atoms with E-state index in [1.54, 1.807) is 0 Å². The van der Waals surface area contributed by atoms with E-state index >= 15 is 0 Å². The molecule has 0 bridgehead atoms. The van der Waals surface area contributed by atoms with Crippen molar-refractivity contribution >= 4 is 11.6 Å². The molecular formula is C15H24N2O. The summed E-state index contributed by atoms with van der Waals surface area (Å²) in [7, 11) is 0. The lowest BCUT2D eigenvalue weighted by molar-refractivity contribution is -0.122. The van der Waals surface area contributed by atoms with Gasteiger partial charge in [-0.3, -0.25) is 4.79 Å². The summed E-state index contributed by atoms with van der Waals surface area (Å²) in [6.07, 6.45) is 3.31. The molecule has 0 aliphatic heterocycles. The molecule has 1 aromatic carbocycles. The number of benzene rings is 1. The summed E-state index contributed by atoms with van der Waals surface area (Å²) < 4.78 is 0. The standard InChI is InChI=1S/C15H24N2O/c1-4-10-15(2,3)17-14(18)9-8-12-6-5-7-13(16)11-12/h5-7,11H,4,8-10,16H2,1-3H3,(H,17,18). The number of aryl methyl sites for hydroxylation is 1. The van der Waals surface area contributed by atoms with Crippen molar-refractivity contribution in [2.75, 3.05) is 5.73 Å². The highest BCUT2D eigenvalue weighted by Gasteiger charge is 2.18. The van der Waals surface area contributed by atoms with Crippen LogP contribution in [0.3, 0.4) is 0 Å². The van der Waals surface area contributed by atoms with Gasteiger partial charge in [0.1, 0.15) is 0 Å². The normalized spacial score (nSPS) is 11.3. The molecule has 1 aromatic rings. The first-order valence-electron chi connectivity index (χ1n) is 6.58. The third-order valence-electron chi connectivity index (χ3n) is 2.94. The summed E-state index contributed by atoms with van der Waals surface area (Å²) in [6.45, 7) is 6.25. The fraction of sp³-hybridized carbons (Fsp3) is 0.533. The van der Waals surface area contributed by atoms with Crippen LogP contribution in [0.1, 0.15) is 45.6 Å². The van der Waals surface area contributed by atoms with Crippen LogP contribution in [0, 0.1) is 0 Å². The Balaban J connectivity index is 2.42. The Kier molecular flexibility index (Phi) is 5.20. The van der Waals surface area contributed by atoms with E-state index in [2.05, 4.69) is 26.1 Å². The van der Waals surface area contributed by atoms with Gasteiger partial charge >= 0.3 is 0 Å². The molecule has 3 nitrogen and oxygen atoms in total. The molecule has 0 saturated carbocycles. The number of amides is 1. The number of rotatable bonds is 6. The summed E-state index contributed by atoms with van der Waals surface area (Å²) in [4.78, 5) is 11.8. The second-order valence-corrected chi connectivity index (χ2v) is 5.43. The van der Waals surface area contributed by atoms with Crippen LogP contribution in [0.15, 0.2) is 24.3 Å². The van der Waals surface area contributed by atoms with Gasteiger partial charge in [-0.25, -0.2) is 0 Å². The minimum absolute atomic E-state index is 0.107. The molecule has 0 aliphatic rings. The summed E-state index contributed by atoms with van der Waals surface area (Å²) in [5.74, 6) is 0.107. The van der Waals surface area contributed by atoms with Gasteiger partial charge in [-0.05, 0) is 44.4 Å². The first-order valence-corrected chi connectivity index (χ1v) is 6.58. The van der Waals surface area contributed by atoms with Crippen molar-refractivity contribution in [1.29, 1.82) is 0 Å². The van der Waals surface area contributed by atoms with Crippen molar-refractivity contribution in [3.63, 3.8) is 0 Å². The average molecular weight is 248 g/mol. The highest BCUT2D eigenvalue weighted by atomic mass is 16.1. The smallest absolute Gasteiger partial charge is 0.220 e. The largest absolute Gasteiger partial charge is 0.399 e. The lowest BCUT2D eigenvalue weighted by Crippen LogP contribution is -2.43. The Morgan fingerprint density at radius 2 is 2.11 bits per heavy atom. The van der Waals surface area contributed by atoms with Crippen molar-refractivity contribution in [2.24, 2.45) is 0 Å². The average Bonchev–Trinajstić information content (AvgIpc) is 2.25. The van der Waals surface area contributed by atoms with Gasteiger partial charge in [-0.1, -0.05) is 25.5 Å². The maximum atomic E-state index is 11.8. The zero-order valence-corrected chi connectivity index (χ0v) is 11.6. The minimum Gasteiger partial charge on any atom is -0.399 e. The molecular weight excluding hydrogens is 224 g/mol. The van der Waals surface area contributed by atoms with Crippen molar-refractivity contribution < 1.29 is 4.79 Å². The zero-order valence-electron chi connectivity index (χ0n) is 11.6. The van der Waals surface area contributed by atoms with Crippen molar-refractivity contribution in [3.05, 3.63) is 29.8 Å². The molecule has 1 rings (SSSR count). The number of anilines is 1. The van der Waals surface area contributed by atoms with Gasteiger partial charge in [0.15, 0.2) is 0 Å². The predicted molar refractivity (Wildman–Crippen MR) is 76.3 cm³/mol. The molecule has 3 N–H and O–H groups in total. The van der Waals surface area contributed by atoms with Gasteiger partial charge in [-0.2, -0.15) is 0 Å². The maximum absolute atomic E-state index is 11.8. The second-order valence-electron chi connectivity index (χ2n) is 5.43. The molecule has 0 unspecified atom stereocenters. The van der Waals surface area contributed by atoms with Gasteiger partial charge in [-0.15, -0.1) is 0 Å². The molecule has 3 heteroatoms. The predicted octanol–water partition coefficient (Wildman–Crippen LogP) is 2.90. The Hall–Kier alpha value is -1.51. The lowest BCUT2D eigenvalue weighted by atomic mass is 9.98. The molecule has 0 heterocycles. The molecule has 0 aliphatic carbocycles. The van der Waals surface area contributed by atoms with Crippen LogP contribution in [0.4, 0.5) is 5.69 Å². The molecule has 1 amide bonds. The number of nitrogen functional groups attached to an aromatic ring is 1. The van der Waals surface area contributed by atoms with E-state index in [-0.39, 0.29) is 11.4 Å². The molecule has 0 saturated heterocycles. The monoisotopic (exact) mass is 248 g/mol. The summed E-state index contributed by atoms with van der Waals surface area (Å²) in [6, 6.07) is 7.70. The Labute approximate surface area is 110 Å².